The van der Waals surface area contributed by atoms with Crippen molar-refractivity contribution in [2.45, 2.75) is 0 Å². The Labute approximate surface area is 122 Å². The van der Waals surface area contributed by atoms with Crippen LogP contribution in [0.25, 0.3) is 0 Å². The normalized spacial score (nSPS) is 10.2. The summed E-state index contributed by atoms with van der Waals surface area (Å²) in [7, 11) is 0. The lowest BCUT2D eigenvalue weighted by atomic mass is 10.2. The van der Waals surface area contributed by atoms with E-state index in [-0.39, 0.29) is 27.8 Å². The second-order valence-corrected chi connectivity index (χ2v) is 4.33. The summed E-state index contributed by atoms with van der Waals surface area (Å²) in [5.74, 6) is -2.04. The smallest absolute Gasteiger partial charge is 0.339 e. The molecule has 0 aromatic heterocycles. The lowest BCUT2D eigenvalue weighted by molar-refractivity contribution is -0.384. The lowest BCUT2D eigenvalue weighted by Gasteiger charge is -2.09. The third-order valence-corrected chi connectivity index (χ3v) is 2.81. The quantitative estimate of drug-likeness (QED) is 0.683. The molecule has 6 nitrogen and oxygen atoms in total. The molecule has 21 heavy (non-hydrogen) atoms. The van der Waals surface area contributed by atoms with Crippen LogP contribution in [0.2, 0.25) is 5.02 Å². The van der Waals surface area contributed by atoms with Gasteiger partial charge in [-0.3, -0.25) is 10.1 Å². The highest BCUT2D eigenvalue weighted by Gasteiger charge is 2.18. The largest absolute Gasteiger partial charge is 0.478 e. The molecule has 0 heterocycles. The molecule has 0 saturated heterocycles. The van der Waals surface area contributed by atoms with Gasteiger partial charge in [-0.15, -0.1) is 0 Å². The van der Waals surface area contributed by atoms with Crippen molar-refractivity contribution < 1.29 is 24.0 Å². The number of benzene rings is 2. The highest BCUT2D eigenvalue weighted by atomic mass is 35.5. The number of hydrogen-bond acceptors (Lipinski definition) is 4. The Morgan fingerprint density at radius 3 is 2.57 bits per heavy atom. The zero-order valence-electron chi connectivity index (χ0n) is 10.2. The Bertz CT molecular complexity index is 734. The highest BCUT2D eigenvalue weighted by molar-refractivity contribution is 6.30. The van der Waals surface area contributed by atoms with Gasteiger partial charge in [-0.25, -0.2) is 9.18 Å². The summed E-state index contributed by atoms with van der Waals surface area (Å²) in [5.41, 5.74) is -0.762. The van der Waals surface area contributed by atoms with E-state index in [1.807, 2.05) is 0 Å². The van der Waals surface area contributed by atoms with E-state index in [1.54, 1.807) is 0 Å². The topological polar surface area (TPSA) is 89.7 Å². The minimum Gasteiger partial charge on any atom is -0.478 e. The van der Waals surface area contributed by atoms with E-state index in [4.69, 9.17) is 21.4 Å². The first-order valence-electron chi connectivity index (χ1n) is 5.53. The maximum Gasteiger partial charge on any atom is 0.339 e. The number of nitro benzene ring substituents is 1. The summed E-state index contributed by atoms with van der Waals surface area (Å²) in [4.78, 5) is 21.0. The number of ether oxygens (including phenoxy) is 1. The number of carboxylic acid groups (broad SMARTS) is 1. The number of nitro groups is 1. The third-order valence-electron chi connectivity index (χ3n) is 2.52. The second-order valence-electron chi connectivity index (χ2n) is 3.92. The van der Waals surface area contributed by atoms with Crippen molar-refractivity contribution in [1.82, 2.24) is 0 Å². The molecule has 0 unspecified atom stereocenters. The SMILES string of the molecule is O=C(O)c1cc([N+](=O)[O-])ccc1Oc1ccc(F)c(Cl)c1. The molecular formula is C13H7ClFNO5. The van der Waals surface area contributed by atoms with Crippen molar-refractivity contribution in [1.29, 1.82) is 0 Å². The number of aromatic carboxylic acids is 1. The summed E-state index contributed by atoms with van der Waals surface area (Å²) in [5, 5.41) is 19.5. The molecule has 0 amide bonds. The molecule has 2 rings (SSSR count). The molecule has 0 bridgehead atoms. The molecule has 0 fully saturated rings. The van der Waals surface area contributed by atoms with Crippen LogP contribution in [0.4, 0.5) is 10.1 Å². The average molecular weight is 312 g/mol. The first-order chi connectivity index (χ1) is 9.88. The van der Waals surface area contributed by atoms with Gasteiger partial charge in [0.2, 0.25) is 0 Å². The minimum absolute atomic E-state index is 0.109. The maximum absolute atomic E-state index is 13.0. The van der Waals surface area contributed by atoms with Crippen LogP contribution in [0.15, 0.2) is 36.4 Å². The van der Waals surface area contributed by atoms with Crippen molar-refractivity contribution >= 4 is 23.3 Å². The predicted octanol–water partition coefficient (Wildman–Crippen LogP) is 3.88. The van der Waals surface area contributed by atoms with Gasteiger partial charge in [0.15, 0.2) is 0 Å². The number of halogens is 2. The van der Waals surface area contributed by atoms with E-state index in [2.05, 4.69) is 0 Å². The minimum atomic E-state index is -1.39. The first-order valence-corrected chi connectivity index (χ1v) is 5.91. The molecule has 0 atom stereocenters. The monoisotopic (exact) mass is 311 g/mol. The van der Waals surface area contributed by atoms with E-state index in [0.29, 0.717) is 0 Å². The number of nitrogens with zero attached hydrogens (tertiary/aromatic N) is 1. The Morgan fingerprint density at radius 1 is 1.29 bits per heavy atom. The molecule has 0 radical (unpaired) electrons. The van der Waals surface area contributed by atoms with Gasteiger partial charge < -0.3 is 9.84 Å². The number of rotatable bonds is 4. The molecule has 1 N–H and O–H groups in total. The van der Waals surface area contributed by atoms with Crippen molar-refractivity contribution in [3.63, 3.8) is 0 Å². The van der Waals surface area contributed by atoms with Crippen LogP contribution in [0.3, 0.4) is 0 Å². The number of hydrogen-bond donors (Lipinski definition) is 1. The second kappa shape index (κ2) is 5.76. The van der Waals surface area contributed by atoms with Crippen LogP contribution in [0.1, 0.15) is 10.4 Å². The molecule has 8 heteroatoms. The Kier molecular flexibility index (Phi) is 4.04. The van der Waals surface area contributed by atoms with Crippen molar-refractivity contribution in [2.75, 3.05) is 0 Å². The molecule has 108 valence electrons. The summed E-state index contributed by atoms with van der Waals surface area (Å²) in [6, 6.07) is 6.62. The molecule has 0 saturated carbocycles. The molecule has 0 spiro atoms. The van der Waals surface area contributed by atoms with Gasteiger partial charge in [-0.1, -0.05) is 11.6 Å². The van der Waals surface area contributed by atoms with E-state index >= 15 is 0 Å². The van der Waals surface area contributed by atoms with E-state index in [0.717, 1.165) is 24.3 Å². The van der Waals surface area contributed by atoms with Crippen LogP contribution in [0, 0.1) is 15.9 Å². The van der Waals surface area contributed by atoms with Crippen molar-refractivity contribution in [2.24, 2.45) is 0 Å². The number of non-ortho nitro benzene ring substituents is 1. The maximum atomic E-state index is 13.0. The zero-order valence-corrected chi connectivity index (χ0v) is 11.0. The fourth-order valence-corrected chi connectivity index (χ4v) is 1.73. The third kappa shape index (κ3) is 3.26. The van der Waals surface area contributed by atoms with Crippen molar-refractivity contribution in [3.8, 4) is 11.5 Å². The molecule has 0 aliphatic rings. The van der Waals surface area contributed by atoms with Crippen LogP contribution >= 0.6 is 11.6 Å². The molecule has 0 aliphatic carbocycles. The van der Waals surface area contributed by atoms with Gasteiger partial charge in [-0.05, 0) is 18.2 Å². The standard InChI is InChI=1S/C13H7ClFNO5/c14-10-6-8(2-3-11(10)15)21-12-4-1-7(16(19)20)5-9(12)13(17)18/h1-6H,(H,17,18). The molecular weight excluding hydrogens is 305 g/mol. The fraction of sp³-hybridized carbons (Fsp3) is 0. The zero-order chi connectivity index (χ0) is 15.6. The highest BCUT2D eigenvalue weighted by Crippen LogP contribution is 2.30. The number of carboxylic acids is 1. The van der Waals surface area contributed by atoms with Crippen LogP contribution in [-0.4, -0.2) is 16.0 Å². The Morgan fingerprint density at radius 2 is 2.00 bits per heavy atom. The van der Waals surface area contributed by atoms with Gasteiger partial charge in [-0.2, -0.15) is 0 Å². The van der Waals surface area contributed by atoms with E-state index < -0.39 is 16.7 Å². The average Bonchev–Trinajstić information content (AvgIpc) is 2.43. The molecule has 2 aromatic carbocycles. The van der Waals surface area contributed by atoms with Gasteiger partial charge in [0.1, 0.15) is 22.9 Å². The van der Waals surface area contributed by atoms with Crippen LogP contribution in [0.5, 0.6) is 11.5 Å². The first kappa shape index (κ1) is 14.7. The van der Waals surface area contributed by atoms with Gasteiger partial charge in [0.05, 0.1) is 9.95 Å². The van der Waals surface area contributed by atoms with Crippen molar-refractivity contribution in [3.05, 3.63) is 62.9 Å². The van der Waals surface area contributed by atoms with Crippen LogP contribution in [-0.2, 0) is 0 Å². The lowest BCUT2D eigenvalue weighted by Crippen LogP contribution is -2.01. The number of carbonyl (C=O) groups is 1. The summed E-state index contributed by atoms with van der Waals surface area (Å²) < 4.78 is 18.3. The molecule has 2 aromatic rings. The Hall–Kier alpha value is -2.67. The fourth-order valence-electron chi connectivity index (χ4n) is 1.55. The molecule has 0 aliphatic heterocycles. The summed E-state index contributed by atoms with van der Waals surface area (Å²) >= 11 is 5.59. The summed E-state index contributed by atoms with van der Waals surface area (Å²) in [6.07, 6.45) is 0. The van der Waals surface area contributed by atoms with E-state index in [9.17, 15) is 19.3 Å². The van der Waals surface area contributed by atoms with Gasteiger partial charge in [0, 0.05) is 18.2 Å². The Balaban J connectivity index is 2.41. The van der Waals surface area contributed by atoms with Gasteiger partial charge >= 0.3 is 5.97 Å². The van der Waals surface area contributed by atoms with Gasteiger partial charge in [0.25, 0.3) is 5.69 Å². The van der Waals surface area contributed by atoms with Crippen LogP contribution < -0.4 is 4.74 Å². The predicted molar refractivity (Wildman–Crippen MR) is 71.5 cm³/mol. The van der Waals surface area contributed by atoms with E-state index in [1.165, 1.54) is 12.1 Å². The summed E-state index contributed by atoms with van der Waals surface area (Å²) in [6.45, 7) is 0.